The topological polar surface area (TPSA) is 203 Å². The quantitative estimate of drug-likeness (QED) is 0.0253. The number of aliphatic hydroxyl groups is 4. The Morgan fingerprint density at radius 3 is 1.42 bits per heavy atom. The van der Waals surface area contributed by atoms with E-state index in [2.05, 4.69) is 4.18 Å². The zero-order valence-corrected chi connectivity index (χ0v) is 32.6. The van der Waals surface area contributed by atoms with Crippen molar-refractivity contribution >= 4 is 35.7 Å². The molecule has 14 nitrogen and oxygen atoms in total. The molecule has 1 aliphatic heterocycles. The second-order valence-electron chi connectivity index (χ2n) is 10.9. The summed E-state index contributed by atoms with van der Waals surface area (Å²) in [5, 5.41) is 37.7. The molecule has 48 heavy (non-hydrogen) atoms. The van der Waals surface area contributed by atoms with Crippen LogP contribution < -0.4 is 0 Å². The molecule has 0 saturated carbocycles. The van der Waals surface area contributed by atoms with Crippen molar-refractivity contribution in [3.8, 4) is 0 Å². The number of ether oxygens (including phenoxy) is 6. The first kappa shape index (κ1) is 51.0. The first-order valence-electron chi connectivity index (χ1n) is 16.7. The maximum atomic E-state index is 10.2. The normalized spacial score (nSPS) is 21.0. The largest absolute Gasteiger partial charge is 3.00 e. The third-order valence-corrected chi connectivity index (χ3v) is 7.96. The van der Waals surface area contributed by atoms with Gasteiger partial charge in [-0.1, -0.05) is 64.2 Å². The Kier molecular flexibility index (Phi) is 38.6. The van der Waals surface area contributed by atoms with Gasteiger partial charge in [0, 0.05) is 13.2 Å². The first-order valence-corrected chi connectivity index (χ1v) is 19.2. The minimum absolute atomic E-state index is 0. The van der Waals surface area contributed by atoms with E-state index in [1.807, 2.05) is 0 Å². The smallest absolute Gasteiger partial charge is 0.793 e. The van der Waals surface area contributed by atoms with Crippen molar-refractivity contribution < 1.29 is 88.4 Å². The predicted octanol–water partition coefficient (Wildman–Crippen LogP) is 1.11. The van der Waals surface area contributed by atoms with Crippen LogP contribution in [0.3, 0.4) is 0 Å². The molecule has 0 aromatic heterocycles. The van der Waals surface area contributed by atoms with Gasteiger partial charge in [0.25, 0.3) is 0 Å². The second-order valence-corrected chi connectivity index (χ2v) is 12.8. The van der Waals surface area contributed by atoms with Gasteiger partial charge in [0.1, 0.15) is 24.4 Å². The summed E-state index contributed by atoms with van der Waals surface area (Å²) in [6.07, 6.45) is 8.07. The van der Waals surface area contributed by atoms with Crippen LogP contribution in [-0.2, 0) is 90.6 Å². The zero-order valence-electron chi connectivity index (χ0n) is 28.0. The Balaban J connectivity index is 0. The minimum atomic E-state index is -4.64. The Hall–Kier alpha value is 0.910. The van der Waals surface area contributed by atoms with Crippen molar-refractivity contribution in [2.45, 2.75) is 108 Å². The van der Waals surface area contributed by atoms with E-state index in [4.69, 9.17) is 58.8 Å². The molecule has 1 saturated heterocycles. The van der Waals surface area contributed by atoms with Gasteiger partial charge >= 0.3 is 22.4 Å². The summed E-state index contributed by atoms with van der Waals surface area (Å²) in [5.74, 6) is 1.61. The summed E-state index contributed by atoms with van der Waals surface area (Å²) in [5.41, 5.74) is 0. The van der Waals surface area contributed by atoms with E-state index in [0.29, 0.717) is 52.0 Å². The predicted molar refractivity (Wildman–Crippen MR) is 179 cm³/mol. The van der Waals surface area contributed by atoms with Crippen LogP contribution in [0.25, 0.3) is 0 Å². The van der Waals surface area contributed by atoms with Crippen molar-refractivity contribution in [1.82, 2.24) is 0 Å². The molecule has 0 aromatic rings. The van der Waals surface area contributed by atoms with Crippen LogP contribution in [-0.4, -0.2) is 148 Å². The second kappa shape index (κ2) is 36.3. The molecule has 5 atom stereocenters. The van der Waals surface area contributed by atoms with Crippen molar-refractivity contribution in [2.75, 3.05) is 84.2 Å². The van der Waals surface area contributed by atoms with Crippen LogP contribution in [0, 0.1) is 0 Å². The third kappa shape index (κ3) is 31.6. The molecule has 1 heterocycles. The van der Waals surface area contributed by atoms with Crippen molar-refractivity contribution in [3.63, 3.8) is 0 Å². The molecule has 0 aromatic carbocycles. The average molecular weight is 937 g/mol. The number of unbranched alkanes of at least 4 members (excludes halogenated alkanes) is 10. The molecule has 1 fully saturated rings. The van der Waals surface area contributed by atoms with Gasteiger partial charge in [-0.2, -0.15) is 11.5 Å². The minimum Gasteiger partial charge on any atom is -0.793 e. The Bertz CT molecular complexity index is 773. The maximum absolute atomic E-state index is 10.2. The number of rotatable bonds is 31. The maximum Gasteiger partial charge on any atom is 3.00 e. The van der Waals surface area contributed by atoms with Gasteiger partial charge in [0.05, 0.1) is 59.5 Å². The van der Waals surface area contributed by atoms with Gasteiger partial charge in [-0.05, 0) is 12.8 Å². The van der Waals surface area contributed by atoms with Crippen LogP contribution in [0.15, 0.2) is 0 Å². The summed E-state index contributed by atoms with van der Waals surface area (Å²) in [7, 11) is -4.64. The molecule has 4 N–H and O–H groups in total. The fraction of sp³-hybridized carbons (Fsp3) is 1.00. The van der Waals surface area contributed by atoms with Crippen LogP contribution >= 0.6 is 0 Å². The van der Waals surface area contributed by atoms with E-state index < -0.39 is 47.7 Å². The number of hydrogen-bond donors (Lipinski definition) is 4. The van der Waals surface area contributed by atoms with Gasteiger partial charge < -0.3 is 78.7 Å². The molecule has 0 radical (unpaired) electrons. The van der Waals surface area contributed by atoms with Crippen LogP contribution in [0.4, 0.5) is 0 Å². The van der Waals surface area contributed by atoms with E-state index in [1.165, 1.54) is 51.4 Å². The van der Waals surface area contributed by atoms with Crippen LogP contribution in [0.1, 0.15) is 77.0 Å². The molecule has 18 heteroatoms. The summed E-state index contributed by atoms with van der Waals surface area (Å²) in [6.45, 7) is 3.17. The first-order chi connectivity index (χ1) is 22.7. The molecular formula is C30H59AuO14S3. The van der Waals surface area contributed by atoms with E-state index in [9.17, 15) is 28.3 Å². The van der Waals surface area contributed by atoms with Crippen molar-refractivity contribution in [1.29, 1.82) is 0 Å². The van der Waals surface area contributed by atoms with Gasteiger partial charge in [-0.15, -0.1) is 0 Å². The molecule has 1 rings (SSSR count). The SMILES string of the molecule is O=S(=O)([O-])OCCOCCOCCOCCOCCCCCCCCCCC[S-].OC[C@@H]1OC(OCCCCC[S-])[C@@H](O)[C@H](O)[C@H]1O.[Au+3]. The summed E-state index contributed by atoms with van der Waals surface area (Å²) < 4.78 is 66.2. The van der Waals surface area contributed by atoms with E-state index >= 15 is 0 Å². The summed E-state index contributed by atoms with van der Waals surface area (Å²) in [4.78, 5) is 0. The van der Waals surface area contributed by atoms with Gasteiger partial charge in [0.2, 0.25) is 10.4 Å². The van der Waals surface area contributed by atoms with Crippen molar-refractivity contribution in [3.05, 3.63) is 0 Å². The summed E-state index contributed by atoms with van der Waals surface area (Å²) >= 11 is 9.75. The molecular weight excluding hydrogens is 877 g/mol. The molecule has 0 amide bonds. The van der Waals surface area contributed by atoms with Crippen LogP contribution in [0.5, 0.6) is 0 Å². The third-order valence-electron chi connectivity index (χ3n) is 6.92. The van der Waals surface area contributed by atoms with Crippen molar-refractivity contribution in [2.24, 2.45) is 0 Å². The van der Waals surface area contributed by atoms with Gasteiger partial charge in [-0.25, -0.2) is 8.42 Å². The molecule has 0 spiro atoms. The Morgan fingerprint density at radius 1 is 0.562 bits per heavy atom. The molecule has 1 unspecified atom stereocenters. The fourth-order valence-corrected chi connectivity index (χ4v) is 4.97. The Morgan fingerprint density at radius 2 is 0.958 bits per heavy atom. The van der Waals surface area contributed by atoms with Gasteiger partial charge in [-0.3, -0.25) is 4.18 Å². The Labute approximate surface area is 314 Å². The molecule has 0 aliphatic carbocycles. The number of hydrogen-bond acceptors (Lipinski definition) is 16. The molecule has 1 aliphatic rings. The van der Waals surface area contributed by atoms with E-state index in [0.717, 1.165) is 38.0 Å². The van der Waals surface area contributed by atoms with E-state index in [-0.39, 0.29) is 35.6 Å². The fourth-order valence-electron chi connectivity index (χ4n) is 4.29. The molecule has 0 bridgehead atoms. The van der Waals surface area contributed by atoms with Gasteiger partial charge in [0.15, 0.2) is 6.29 Å². The monoisotopic (exact) mass is 936 g/mol. The average Bonchev–Trinajstić information content (AvgIpc) is 3.04. The standard InChI is InChI=1S/C19H40O8S2.C11H22O6S.Au/c20-29(21,22)27-18-17-26-16-15-25-14-13-24-12-11-23-10-8-6-4-2-1-3-5-7-9-19-28;12-6-7-8(13)9(14)10(15)11(17-7)16-4-2-1-3-5-18;/h28H,1-19H2,(H,20,21,22);7-15,18H,1-6H2;/q;;+3/p-3/t;7-,8-,9+,10-,11?;/m.0./s1. The van der Waals surface area contributed by atoms with Crippen LogP contribution in [0.2, 0.25) is 0 Å². The molecule has 292 valence electrons. The zero-order chi connectivity index (χ0) is 35.0. The summed E-state index contributed by atoms with van der Waals surface area (Å²) in [6, 6.07) is 0. The van der Waals surface area contributed by atoms with E-state index in [1.54, 1.807) is 0 Å². The number of aliphatic hydroxyl groups excluding tert-OH is 4.